The van der Waals surface area contributed by atoms with Crippen molar-refractivity contribution in [1.82, 2.24) is 4.98 Å². The number of nitrogen functional groups attached to an aromatic ring is 1. The molecule has 0 radical (unpaired) electrons. The van der Waals surface area contributed by atoms with E-state index < -0.39 is 0 Å². The second-order valence-corrected chi connectivity index (χ2v) is 5.23. The number of ether oxygens (including phenoxy) is 1. The first-order valence-corrected chi connectivity index (χ1v) is 7.40. The van der Waals surface area contributed by atoms with Crippen molar-refractivity contribution in [3.8, 4) is 5.88 Å². The fourth-order valence-electron chi connectivity index (χ4n) is 2.86. The van der Waals surface area contributed by atoms with Crippen molar-refractivity contribution >= 4 is 11.5 Å². The second-order valence-electron chi connectivity index (χ2n) is 5.23. The van der Waals surface area contributed by atoms with Gasteiger partial charge in [-0.05, 0) is 37.8 Å². The van der Waals surface area contributed by atoms with Crippen molar-refractivity contribution in [2.24, 2.45) is 5.92 Å². The topological polar surface area (TPSA) is 60.2 Å². The monoisotopic (exact) mass is 263 g/mol. The lowest BCUT2D eigenvalue weighted by Crippen LogP contribution is -2.32. The molecule has 1 heterocycles. The summed E-state index contributed by atoms with van der Waals surface area (Å²) in [4.78, 5) is 4.47. The van der Waals surface area contributed by atoms with Gasteiger partial charge in [0.05, 0.1) is 12.3 Å². The first-order chi connectivity index (χ1) is 9.24. The van der Waals surface area contributed by atoms with Gasteiger partial charge in [0.15, 0.2) is 0 Å². The number of anilines is 2. The largest absolute Gasteiger partial charge is 0.476 e. The average Bonchev–Trinajstić information content (AvgIpc) is 2.43. The molecule has 1 aromatic rings. The molecule has 0 bridgehead atoms. The standard InChI is InChI=1S/C15H25N3O/c1-3-11-7-5-6-8-13(11)17-14-10-9-12(16)15(18-14)19-4-2/h9-11,13H,3-8,16H2,1-2H3,(H,17,18). The van der Waals surface area contributed by atoms with E-state index in [4.69, 9.17) is 10.5 Å². The van der Waals surface area contributed by atoms with Crippen LogP contribution in [-0.4, -0.2) is 17.6 Å². The van der Waals surface area contributed by atoms with Crippen LogP contribution in [0.5, 0.6) is 5.88 Å². The minimum atomic E-state index is 0.532. The van der Waals surface area contributed by atoms with Crippen molar-refractivity contribution in [2.75, 3.05) is 17.7 Å². The number of nitrogens with two attached hydrogens (primary N) is 1. The molecular weight excluding hydrogens is 238 g/mol. The van der Waals surface area contributed by atoms with Crippen LogP contribution in [0.25, 0.3) is 0 Å². The molecule has 0 spiro atoms. The summed E-state index contributed by atoms with van der Waals surface area (Å²) in [6.07, 6.45) is 6.44. The smallest absolute Gasteiger partial charge is 0.239 e. The number of rotatable bonds is 5. The zero-order valence-electron chi connectivity index (χ0n) is 12.0. The van der Waals surface area contributed by atoms with Crippen LogP contribution in [0.3, 0.4) is 0 Å². The van der Waals surface area contributed by atoms with E-state index in [0.29, 0.717) is 24.2 Å². The maximum atomic E-state index is 5.85. The molecular formula is C15H25N3O. The van der Waals surface area contributed by atoms with E-state index in [1.165, 1.54) is 32.1 Å². The molecule has 1 saturated carbocycles. The normalized spacial score (nSPS) is 23.1. The molecule has 4 nitrogen and oxygen atoms in total. The van der Waals surface area contributed by atoms with Crippen LogP contribution in [0.1, 0.15) is 46.0 Å². The molecule has 19 heavy (non-hydrogen) atoms. The maximum absolute atomic E-state index is 5.85. The molecule has 2 rings (SSSR count). The van der Waals surface area contributed by atoms with Gasteiger partial charge in [-0.2, -0.15) is 4.98 Å². The average molecular weight is 263 g/mol. The first kappa shape index (κ1) is 14.0. The predicted octanol–water partition coefficient (Wildman–Crippen LogP) is 3.44. The predicted molar refractivity (Wildman–Crippen MR) is 79.5 cm³/mol. The first-order valence-electron chi connectivity index (χ1n) is 7.40. The highest BCUT2D eigenvalue weighted by atomic mass is 16.5. The molecule has 0 amide bonds. The molecule has 0 aromatic carbocycles. The highest BCUT2D eigenvalue weighted by molar-refractivity contribution is 5.53. The van der Waals surface area contributed by atoms with Crippen molar-refractivity contribution in [3.05, 3.63) is 12.1 Å². The second kappa shape index (κ2) is 6.64. The lowest BCUT2D eigenvalue weighted by Gasteiger charge is -2.32. The minimum Gasteiger partial charge on any atom is -0.476 e. The van der Waals surface area contributed by atoms with Crippen molar-refractivity contribution < 1.29 is 4.74 Å². The van der Waals surface area contributed by atoms with Crippen LogP contribution in [0.2, 0.25) is 0 Å². The van der Waals surface area contributed by atoms with Gasteiger partial charge in [-0.1, -0.05) is 26.2 Å². The van der Waals surface area contributed by atoms with Gasteiger partial charge in [0.2, 0.25) is 5.88 Å². The molecule has 0 saturated heterocycles. The fourth-order valence-corrected chi connectivity index (χ4v) is 2.86. The van der Waals surface area contributed by atoms with E-state index in [2.05, 4.69) is 17.2 Å². The number of pyridine rings is 1. The van der Waals surface area contributed by atoms with Gasteiger partial charge in [-0.3, -0.25) is 0 Å². The minimum absolute atomic E-state index is 0.532. The Morgan fingerprint density at radius 2 is 2.11 bits per heavy atom. The number of nitrogens with one attached hydrogen (secondary N) is 1. The molecule has 4 heteroatoms. The Labute approximate surface area is 115 Å². The lowest BCUT2D eigenvalue weighted by atomic mass is 9.83. The van der Waals surface area contributed by atoms with Gasteiger partial charge >= 0.3 is 0 Å². The van der Waals surface area contributed by atoms with Gasteiger partial charge in [-0.15, -0.1) is 0 Å². The van der Waals surface area contributed by atoms with E-state index in [0.717, 1.165) is 11.7 Å². The molecule has 0 aliphatic heterocycles. The summed E-state index contributed by atoms with van der Waals surface area (Å²) in [5, 5.41) is 3.56. The molecule has 1 aliphatic rings. The van der Waals surface area contributed by atoms with Gasteiger partial charge in [0, 0.05) is 6.04 Å². The zero-order valence-corrected chi connectivity index (χ0v) is 12.0. The molecule has 2 atom stereocenters. The summed E-state index contributed by atoms with van der Waals surface area (Å²) in [5.74, 6) is 2.17. The number of nitrogens with zero attached hydrogens (tertiary/aromatic N) is 1. The lowest BCUT2D eigenvalue weighted by molar-refractivity contribution is 0.314. The van der Waals surface area contributed by atoms with E-state index in [-0.39, 0.29) is 0 Å². The van der Waals surface area contributed by atoms with Crippen molar-refractivity contribution in [2.45, 2.75) is 52.0 Å². The highest BCUT2D eigenvalue weighted by Crippen LogP contribution is 2.30. The highest BCUT2D eigenvalue weighted by Gasteiger charge is 2.23. The Morgan fingerprint density at radius 3 is 2.84 bits per heavy atom. The fraction of sp³-hybridized carbons (Fsp3) is 0.667. The molecule has 1 aliphatic carbocycles. The van der Waals surface area contributed by atoms with Crippen LogP contribution in [-0.2, 0) is 0 Å². The number of hydrogen-bond acceptors (Lipinski definition) is 4. The van der Waals surface area contributed by atoms with E-state index in [1.54, 1.807) is 0 Å². The summed E-state index contributed by atoms with van der Waals surface area (Å²) < 4.78 is 5.44. The van der Waals surface area contributed by atoms with Crippen LogP contribution in [0, 0.1) is 5.92 Å². The molecule has 3 N–H and O–H groups in total. The summed E-state index contributed by atoms with van der Waals surface area (Å²) >= 11 is 0. The Bertz CT molecular complexity index is 408. The van der Waals surface area contributed by atoms with Crippen LogP contribution in [0.15, 0.2) is 12.1 Å². The van der Waals surface area contributed by atoms with E-state index >= 15 is 0 Å². The van der Waals surface area contributed by atoms with E-state index in [9.17, 15) is 0 Å². The maximum Gasteiger partial charge on any atom is 0.239 e. The third-order valence-electron chi connectivity index (χ3n) is 3.94. The molecule has 2 unspecified atom stereocenters. The number of aromatic nitrogens is 1. The summed E-state index contributed by atoms with van der Waals surface area (Å²) in [6.45, 7) is 4.80. The Morgan fingerprint density at radius 1 is 1.32 bits per heavy atom. The van der Waals surface area contributed by atoms with Gasteiger partial charge in [-0.25, -0.2) is 0 Å². The van der Waals surface area contributed by atoms with Crippen LogP contribution >= 0.6 is 0 Å². The van der Waals surface area contributed by atoms with E-state index in [1.807, 2.05) is 19.1 Å². The quantitative estimate of drug-likeness (QED) is 0.854. The van der Waals surface area contributed by atoms with Crippen LogP contribution < -0.4 is 15.8 Å². The summed E-state index contributed by atoms with van der Waals surface area (Å²) in [6, 6.07) is 4.34. The SMILES string of the molecule is CCOc1nc(NC2CCCCC2CC)ccc1N. The molecule has 1 fully saturated rings. The van der Waals surface area contributed by atoms with Crippen LogP contribution in [0.4, 0.5) is 11.5 Å². The number of hydrogen-bond donors (Lipinski definition) is 2. The van der Waals surface area contributed by atoms with Crippen molar-refractivity contribution in [1.29, 1.82) is 0 Å². The third-order valence-corrected chi connectivity index (χ3v) is 3.94. The summed E-state index contributed by atoms with van der Waals surface area (Å²) in [7, 11) is 0. The Kier molecular flexibility index (Phi) is 4.88. The van der Waals surface area contributed by atoms with Crippen molar-refractivity contribution in [3.63, 3.8) is 0 Å². The Balaban J connectivity index is 2.07. The third kappa shape index (κ3) is 3.52. The van der Waals surface area contributed by atoms with Gasteiger partial charge in [0.1, 0.15) is 5.82 Å². The van der Waals surface area contributed by atoms with Gasteiger partial charge in [0.25, 0.3) is 0 Å². The molecule has 1 aromatic heterocycles. The Hall–Kier alpha value is -1.45. The molecule has 106 valence electrons. The summed E-state index contributed by atoms with van der Waals surface area (Å²) in [5.41, 5.74) is 6.45. The zero-order chi connectivity index (χ0) is 13.7. The van der Waals surface area contributed by atoms with Gasteiger partial charge < -0.3 is 15.8 Å².